The number of carbonyl (C=O) groups is 1. The molecule has 3 rings (SSSR count). The highest BCUT2D eigenvalue weighted by Gasteiger charge is 2.63. The van der Waals surface area contributed by atoms with Crippen LogP contribution in [-0.2, 0) is 10.3 Å². The summed E-state index contributed by atoms with van der Waals surface area (Å²) in [6.45, 7) is 8.15. The van der Waals surface area contributed by atoms with E-state index >= 15 is 0 Å². The third-order valence-corrected chi connectivity index (χ3v) is 5.23. The molecule has 0 bridgehead atoms. The van der Waals surface area contributed by atoms with Gasteiger partial charge in [-0.3, -0.25) is 4.79 Å². The Kier molecular flexibility index (Phi) is 3.64. The lowest BCUT2D eigenvalue weighted by molar-refractivity contribution is -0.136. The molecule has 1 aliphatic carbocycles. The molecule has 0 spiro atoms. The molecule has 2 fully saturated rings. The van der Waals surface area contributed by atoms with E-state index in [4.69, 9.17) is 5.73 Å². The Labute approximate surface area is 126 Å². The Balaban J connectivity index is 0.00000147. The summed E-state index contributed by atoms with van der Waals surface area (Å²) in [6, 6.07) is 9.66. The van der Waals surface area contributed by atoms with E-state index in [9.17, 15) is 4.79 Å². The molecule has 3 unspecified atom stereocenters. The van der Waals surface area contributed by atoms with Crippen molar-refractivity contribution in [2.24, 2.45) is 23.0 Å². The maximum Gasteiger partial charge on any atom is 0.246 e. The molecular formula is C16H23ClN2O. The zero-order valence-corrected chi connectivity index (χ0v) is 13.1. The number of nitrogens with zero attached hydrogens (tertiary/aromatic N) is 1. The van der Waals surface area contributed by atoms with Crippen molar-refractivity contribution in [1.29, 1.82) is 0 Å². The topological polar surface area (TPSA) is 46.3 Å². The second-order valence-electron chi connectivity index (χ2n) is 6.81. The van der Waals surface area contributed by atoms with Crippen LogP contribution in [0.25, 0.3) is 0 Å². The molecule has 1 aromatic rings. The molecule has 1 amide bonds. The van der Waals surface area contributed by atoms with Crippen LogP contribution in [0.5, 0.6) is 0 Å². The van der Waals surface area contributed by atoms with Crippen LogP contribution in [-0.4, -0.2) is 23.9 Å². The van der Waals surface area contributed by atoms with Crippen molar-refractivity contribution in [3.8, 4) is 0 Å². The van der Waals surface area contributed by atoms with E-state index in [0.29, 0.717) is 17.3 Å². The summed E-state index contributed by atoms with van der Waals surface area (Å²) in [4.78, 5) is 14.6. The van der Waals surface area contributed by atoms with Gasteiger partial charge in [0.05, 0.1) is 0 Å². The van der Waals surface area contributed by atoms with E-state index in [2.05, 4.69) is 13.8 Å². The van der Waals surface area contributed by atoms with Gasteiger partial charge in [-0.05, 0) is 29.7 Å². The highest BCUT2D eigenvalue weighted by molar-refractivity contribution is 5.87. The van der Waals surface area contributed by atoms with Gasteiger partial charge in [0.1, 0.15) is 5.54 Å². The van der Waals surface area contributed by atoms with Crippen molar-refractivity contribution in [3.63, 3.8) is 0 Å². The van der Waals surface area contributed by atoms with E-state index in [0.717, 1.165) is 18.7 Å². The fourth-order valence-electron chi connectivity index (χ4n) is 3.53. The molecule has 4 heteroatoms. The lowest BCUT2D eigenvalue weighted by Crippen LogP contribution is -2.51. The van der Waals surface area contributed by atoms with Gasteiger partial charge in [-0.15, -0.1) is 12.4 Å². The Morgan fingerprint density at radius 2 is 1.75 bits per heavy atom. The van der Waals surface area contributed by atoms with Gasteiger partial charge >= 0.3 is 0 Å². The van der Waals surface area contributed by atoms with Crippen molar-refractivity contribution in [2.75, 3.05) is 13.1 Å². The molecule has 110 valence electrons. The first-order valence-corrected chi connectivity index (χ1v) is 6.99. The predicted molar refractivity (Wildman–Crippen MR) is 82.6 cm³/mol. The SMILES string of the molecule is CC(N)(C(=O)N1CC2C(C1)C2(C)C)c1ccccc1.Cl. The molecule has 1 saturated heterocycles. The van der Waals surface area contributed by atoms with Gasteiger partial charge in [-0.2, -0.15) is 0 Å². The van der Waals surface area contributed by atoms with E-state index in [1.807, 2.05) is 42.2 Å². The Morgan fingerprint density at radius 1 is 1.25 bits per heavy atom. The van der Waals surface area contributed by atoms with Crippen LogP contribution in [0.4, 0.5) is 0 Å². The van der Waals surface area contributed by atoms with Crippen LogP contribution in [0.1, 0.15) is 26.3 Å². The lowest BCUT2D eigenvalue weighted by Gasteiger charge is -2.31. The number of likely N-dealkylation sites (tertiary alicyclic amines) is 1. The van der Waals surface area contributed by atoms with Crippen LogP contribution >= 0.6 is 12.4 Å². The summed E-state index contributed by atoms with van der Waals surface area (Å²) in [5.74, 6) is 1.40. The molecule has 2 aliphatic rings. The zero-order chi connectivity index (χ0) is 13.8. The Hall–Kier alpha value is -1.06. The van der Waals surface area contributed by atoms with Gasteiger partial charge in [-0.25, -0.2) is 0 Å². The van der Waals surface area contributed by atoms with E-state index in [1.165, 1.54) is 0 Å². The highest BCUT2D eigenvalue weighted by atomic mass is 35.5. The molecule has 3 atom stereocenters. The minimum Gasteiger partial charge on any atom is -0.340 e. The predicted octanol–water partition coefficient (Wildman–Crippen LogP) is 2.40. The third-order valence-electron chi connectivity index (χ3n) is 5.23. The molecular weight excluding hydrogens is 272 g/mol. The van der Waals surface area contributed by atoms with Crippen LogP contribution in [0, 0.1) is 17.3 Å². The maximum absolute atomic E-state index is 12.6. The standard InChI is InChI=1S/C16H22N2O.ClH/c1-15(2)12-9-18(10-13(12)15)14(19)16(3,17)11-7-5-4-6-8-11;/h4-8,12-13H,9-10,17H2,1-3H3;1H. The molecule has 3 nitrogen and oxygen atoms in total. The van der Waals surface area contributed by atoms with Crippen molar-refractivity contribution < 1.29 is 4.79 Å². The van der Waals surface area contributed by atoms with Crippen molar-refractivity contribution in [2.45, 2.75) is 26.3 Å². The summed E-state index contributed by atoms with van der Waals surface area (Å²) in [7, 11) is 0. The van der Waals surface area contributed by atoms with Gasteiger partial charge in [-0.1, -0.05) is 44.2 Å². The molecule has 1 aromatic carbocycles. The van der Waals surface area contributed by atoms with Crippen LogP contribution < -0.4 is 5.73 Å². The second kappa shape index (κ2) is 4.74. The largest absolute Gasteiger partial charge is 0.340 e. The molecule has 20 heavy (non-hydrogen) atoms. The van der Waals surface area contributed by atoms with Gasteiger partial charge < -0.3 is 10.6 Å². The fourth-order valence-corrected chi connectivity index (χ4v) is 3.53. The monoisotopic (exact) mass is 294 g/mol. The van der Waals surface area contributed by atoms with Crippen LogP contribution in [0.2, 0.25) is 0 Å². The molecule has 2 N–H and O–H groups in total. The molecule has 1 aliphatic heterocycles. The Bertz CT molecular complexity index is 498. The summed E-state index contributed by atoms with van der Waals surface area (Å²) in [6.07, 6.45) is 0. The average molecular weight is 295 g/mol. The molecule has 0 aromatic heterocycles. The number of nitrogens with two attached hydrogens (primary N) is 1. The summed E-state index contributed by atoms with van der Waals surface area (Å²) < 4.78 is 0. The quantitative estimate of drug-likeness (QED) is 0.910. The van der Waals surface area contributed by atoms with Crippen LogP contribution in [0.3, 0.4) is 0 Å². The van der Waals surface area contributed by atoms with Gasteiger partial charge in [0, 0.05) is 13.1 Å². The van der Waals surface area contributed by atoms with Crippen LogP contribution in [0.15, 0.2) is 30.3 Å². The van der Waals surface area contributed by atoms with Gasteiger partial charge in [0.15, 0.2) is 0 Å². The number of amides is 1. The Morgan fingerprint density at radius 3 is 2.25 bits per heavy atom. The number of fused-ring (bicyclic) bond motifs is 1. The summed E-state index contributed by atoms with van der Waals surface area (Å²) >= 11 is 0. The summed E-state index contributed by atoms with van der Waals surface area (Å²) in [5, 5.41) is 0. The first-order valence-electron chi connectivity index (χ1n) is 6.99. The summed E-state index contributed by atoms with van der Waals surface area (Å²) in [5.41, 5.74) is 6.70. The van der Waals surface area contributed by atoms with Gasteiger partial charge in [0.2, 0.25) is 5.91 Å². The minimum atomic E-state index is -0.915. The number of hydrogen-bond donors (Lipinski definition) is 1. The number of hydrogen-bond acceptors (Lipinski definition) is 2. The number of piperidine rings is 1. The van der Waals surface area contributed by atoms with E-state index in [1.54, 1.807) is 0 Å². The average Bonchev–Trinajstić information content (AvgIpc) is 2.80. The maximum atomic E-state index is 12.6. The lowest BCUT2D eigenvalue weighted by atomic mass is 9.91. The number of benzene rings is 1. The first kappa shape index (κ1) is 15.3. The van der Waals surface area contributed by atoms with E-state index in [-0.39, 0.29) is 18.3 Å². The third kappa shape index (κ3) is 2.13. The molecule has 1 saturated carbocycles. The van der Waals surface area contributed by atoms with Crippen molar-refractivity contribution in [3.05, 3.63) is 35.9 Å². The first-order chi connectivity index (χ1) is 8.85. The molecule has 0 radical (unpaired) electrons. The smallest absolute Gasteiger partial charge is 0.246 e. The van der Waals surface area contributed by atoms with E-state index < -0.39 is 5.54 Å². The zero-order valence-electron chi connectivity index (χ0n) is 12.3. The number of rotatable bonds is 2. The number of halogens is 1. The molecule has 1 heterocycles. The van der Waals surface area contributed by atoms with Gasteiger partial charge in [0.25, 0.3) is 0 Å². The van der Waals surface area contributed by atoms with Crippen molar-refractivity contribution in [1.82, 2.24) is 4.90 Å². The normalized spacial score (nSPS) is 29.1. The number of carbonyl (C=O) groups excluding carboxylic acids is 1. The second-order valence-corrected chi connectivity index (χ2v) is 6.81. The highest BCUT2D eigenvalue weighted by Crippen LogP contribution is 2.62. The fraction of sp³-hybridized carbons (Fsp3) is 0.562. The minimum absolute atomic E-state index is 0. The van der Waals surface area contributed by atoms with Crippen molar-refractivity contribution >= 4 is 18.3 Å².